The van der Waals surface area contributed by atoms with Crippen LogP contribution in [0.15, 0.2) is 4.52 Å². The van der Waals surface area contributed by atoms with E-state index in [1.165, 1.54) is 12.8 Å². The summed E-state index contributed by atoms with van der Waals surface area (Å²) in [4.78, 5) is 0. The molecule has 0 saturated carbocycles. The number of nitrogens with zero attached hydrogens (tertiary/aromatic N) is 1. The lowest BCUT2D eigenvalue weighted by Gasteiger charge is -2.03. The fourth-order valence-corrected chi connectivity index (χ4v) is 1.43. The molecule has 1 N–H and O–H groups in total. The maximum Gasteiger partial charge on any atom is 0.164 e. The normalized spacial score (nSPS) is 14.1. The van der Waals surface area contributed by atoms with Crippen molar-refractivity contribution in [2.24, 2.45) is 10.4 Å². The van der Waals surface area contributed by atoms with E-state index in [-0.39, 0.29) is 0 Å². The van der Waals surface area contributed by atoms with Gasteiger partial charge in [0.25, 0.3) is 0 Å². The molecule has 0 radical (unpaired) electrons. The molecule has 0 rings (SSSR count). The second-order valence-corrected chi connectivity index (χ2v) is 3.59. The first kappa shape index (κ1) is 11.0. The van der Waals surface area contributed by atoms with Crippen LogP contribution < -0.4 is 5.11 Å². The zero-order chi connectivity index (χ0) is 8.53. The fraction of sp³-hybridized carbons (Fsp3) is 1.00. The molecule has 0 bridgehead atoms. The number of hydrogen-bond acceptors (Lipinski definition) is 2. The molecule has 0 spiro atoms. The molecule has 0 heterocycles. The van der Waals surface area contributed by atoms with Gasteiger partial charge in [0.1, 0.15) is 0 Å². The first-order valence-electron chi connectivity index (χ1n) is 4.36. The van der Waals surface area contributed by atoms with Gasteiger partial charge in [-0.05, 0) is 19.3 Å². The highest BCUT2D eigenvalue weighted by Crippen LogP contribution is 2.11. The third kappa shape index (κ3) is 7.85. The van der Waals surface area contributed by atoms with Gasteiger partial charge in [-0.15, -0.1) is 5.11 Å². The van der Waals surface area contributed by atoms with E-state index in [9.17, 15) is 0 Å². The average Bonchev–Trinajstić information content (AvgIpc) is 2.04. The SMILES string of the molecule is CC[NH+]=NSCC[C@@H](C)CC. The Morgan fingerprint density at radius 1 is 1.45 bits per heavy atom. The molecule has 3 heteroatoms. The molecule has 11 heavy (non-hydrogen) atoms. The van der Waals surface area contributed by atoms with Gasteiger partial charge in [0.2, 0.25) is 0 Å². The number of hydrogen-bond donors (Lipinski definition) is 1. The van der Waals surface area contributed by atoms with Gasteiger partial charge >= 0.3 is 0 Å². The van der Waals surface area contributed by atoms with Crippen LogP contribution in [0.4, 0.5) is 0 Å². The van der Waals surface area contributed by atoms with Gasteiger partial charge in [-0.1, -0.05) is 20.3 Å². The lowest BCUT2D eigenvalue weighted by Crippen LogP contribution is -2.64. The highest BCUT2D eigenvalue weighted by molar-refractivity contribution is 7.97. The van der Waals surface area contributed by atoms with Crippen molar-refractivity contribution >= 4 is 11.9 Å². The Kier molecular flexibility index (Phi) is 8.01. The highest BCUT2D eigenvalue weighted by atomic mass is 32.2. The largest absolute Gasteiger partial charge is 0.164 e. The molecule has 0 amide bonds. The molecule has 0 saturated heterocycles. The van der Waals surface area contributed by atoms with E-state index in [1.807, 2.05) is 0 Å². The molecule has 0 fully saturated rings. The summed E-state index contributed by atoms with van der Waals surface area (Å²) in [5, 5.41) is 2.93. The summed E-state index contributed by atoms with van der Waals surface area (Å²) in [6.45, 7) is 7.50. The molecule has 2 nitrogen and oxygen atoms in total. The highest BCUT2D eigenvalue weighted by Gasteiger charge is 1.97. The Morgan fingerprint density at radius 3 is 2.73 bits per heavy atom. The lowest BCUT2D eigenvalue weighted by atomic mass is 10.1. The summed E-state index contributed by atoms with van der Waals surface area (Å²) >= 11 is 1.64. The van der Waals surface area contributed by atoms with Gasteiger partial charge in [-0.3, -0.25) is 0 Å². The van der Waals surface area contributed by atoms with Crippen molar-refractivity contribution in [3.8, 4) is 0 Å². The maximum atomic E-state index is 4.06. The first-order chi connectivity index (χ1) is 5.31. The Morgan fingerprint density at radius 2 is 2.18 bits per heavy atom. The zero-order valence-corrected chi connectivity index (χ0v) is 8.58. The van der Waals surface area contributed by atoms with Crippen molar-refractivity contribution in [3.63, 3.8) is 0 Å². The summed E-state index contributed by atoms with van der Waals surface area (Å²) in [5.74, 6) is 1.99. The minimum Gasteiger partial charge on any atom is -0.131 e. The summed E-state index contributed by atoms with van der Waals surface area (Å²) in [7, 11) is 0. The molecule has 0 aromatic heterocycles. The number of nitrogens with one attached hydrogen (secondary N) is 1. The minimum absolute atomic E-state index is 0.847. The van der Waals surface area contributed by atoms with Gasteiger partial charge in [-0.25, -0.2) is 0 Å². The summed E-state index contributed by atoms with van der Waals surface area (Å²) in [5.41, 5.74) is 0. The van der Waals surface area contributed by atoms with Crippen LogP contribution in [0.1, 0.15) is 33.6 Å². The second-order valence-electron chi connectivity index (χ2n) is 2.74. The standard InChI is InChI=1S/C8H18N2S/c1-4-8(3)6-7-11-10-9-5-2/h8H,4-7H2,1-3H3/p+1/t8-/m0/s1. The minimum atomic E-state index is 0.847. The zero-order valence-electron chi connectivity index (χ0n) is 7.76. The van der Waals surface area contributed by atoms with Crippen LogP contribution in [0.3, 0.4) is 0 Å². The van der Waals surface area contributed by atoms with Crippen molar-refractivity contribution in [2.75, 3.05) is 12.3 Å². The monoisotopic (exact) mass is 175 g/mol. The molecule has 0 aliphatic heterocycles. The maximum absolute atomic E-state index is 4.06. The predicted molar refractivity (Wildman–Crippen MR) is 50.5 cm³/mol. The van der Waals surface area contributed by atoms with Crippen LogP contribution >= 0.6 is 11.9 Å². The quantitative estimate of drug-likeness (QED) is 0.370. The van der Waals surface area contributed by atoms with Crippen LogP contribution in [-0.4, -0.2) is 12.3 Å². The molecular weight excluding hydrogens is 156 g/mol. The molecule has 0 unspecified atom stereocenters. The van der Waals surface area contributed by atoms with E-state index in [0.717, 1.165) is 18.2 Å². The Hall–Kier alpha value is -0.0500. The van der Waals surface area contributed by atoms with Crippen LogP contribution in [0.2, 0.25) is 0 Å². The smallest absolute Gasteiger partial charge is 0.131 e. The first-order valence-corrected chi connectivity index (χ1v) is 5.30. The molecule has 66 valence electrons. The van der Waals surface area contributed by atoms with Crippen molar-refractivity contribution < 1.29 is 5.11 Å². The van der Waals surface area contributed by atoms with Gasteiger partial charge in [0, 0.05) is 22.2 Å². The molecule has 0 aromatic carbocycles. The third-order valence-corrected chi connectivity index (χ3v) is 2.36. The second kappa shape index (κ2) is 8.05. The molecule has 0 aromatic rings. The topological polar surface area (TPSA) is 26.3 Å². The van der Waals surface area contributed by atoms with Gasteiger partial charge in [0.15, 0.2) is 6.54 Å². The van der Waals surface area contributed by atoms with Crippen molar-refractivity contribution in [2.45, 2.75) is 33.6 Å². The van der Waals surface area contributed by atoms with Crippen LogP contribution in [0.5, 0.6) is 0 Å². The summed E-state index contributed by atoms with van der Waals surface area (Å²) < 4.78 is 4.06. The van der Waals surface area contributed by atoms with Crippen LogP contribution in [-0.2, 0) is 0 Å². The molecule has 0 aliphatic rings. The molecule has 1 atom stereocenters. The average molecular weight is 175 g/mol. The van der Waals surface area contributed by atoms with E-state index in [4.69, 9.17) is 0 Å². The van der Waals surface area contributed by atoms with Crippen molar-refractivity contribution in [1.29, 1.82) is 0 Å². The van der Waals surface area contributed by atoms with Crippen molar-refractivity contribution in [3.05, 3.63) is 0 Å². The van der Waals surface area contributed by atoms with E-state index in [0.29, 0.717) is 0 Å². The number of rotatable bonds is 6. The van der Waals surface area contributed by atoms with Gasteiger partial charge in [0.05, 0.1) is 0 Å². The van der Waals surface area contributed by atoms with Crippen LogP contribution in [0, 0.1) is 5.92 Å². The van der Waals surface area contributed by atoms with Gasteiger partial charge < -0.3 is 0 Å². The molecule has 0 aliphatic carbocycles. The predicted octanol–water partition coefficient (Wildman–Crippen LogP) is 1.62. The summed E-state index contributed by atoms with van der Waals surface area (Å²) in [6.07, 6.45) is 2.55. The lowest BCUT2D eigenvalue weighted by molar-refractivity contribution is -0.517. The van der Waals surface area contributed by atoms with E-state index < -0.39 is 0 Å². The molecular formula is C8H19N2S+. The van der Waals surface area contributed by atoms with Gasteiger partial charge in [-0.2, -0.15) is 0 Å². The van der Waals surface area contributed by atoms with E-state index >= 15 is 0 Å². The fourth-order valence-electron chi connectivity index (χ4n) is 0.614. The van der Waals surface area contributed by atoms with Crippen molar-refractivity contribution in [1.82, 2.24) is 0 Å². The van der Waals surface area contributed by atoms with E-state index in [2.05, 4.69) is 30.4 Å². The summed E-state index contributed by atoms with van der Waals surface area (Å²) in [6, 6.07) is 0. The Labute approximate surface area is 74.0 Å². The van der Waals surface area contributed by atoms with Crippen LogP contribution in [0.25, 0.3) is 0 Å². The third-order valence-electron chi connectivity index (χ3n) is 1.69. The Balaban J connectivity index is 3.07. The van der Waals surface area contributed by atoms with E-state index in [1.54, 1.807) is 11.9 Å². The Bertz CT molecular complexity index is 104.